The van der Waals surface area contributed by atoms with Gasteiger partial charge in [-0.05, 0) is 36.0 Å². The molecular formula is C16H32. The van der Waals surface area contributed by atoms with Gasteiger partial charge in [-0.25, -0.2) is 0 Å². The summed E-state index contributed by atoms with van der Waals surface area (Å²) in [6, 6.07) is 0. The van der Waals surface area contributed by atoms with E-state index in [1.165, 1.54) is 38.5 Å². The van der Waals surface area contributed by atoms with Gasteiger partial charge in [0, 0.05) is 0 Å². The first kappa shape index (κ1) is 14.1. The summed E-state index contributed by atoms with van der Waals surface area (Å²) >= 11 is 0. The molecule has 1 aliphatic carbocycles. The summed E-state index contributed by atoms with van der Waals surface area (Å²) in [6.07, 6.45) is 8.60. The molecule has 0 radical (unpaired) electrons. The molecule has 0 nitrogen and oxygen atoms in total. The molecule has 1 rings (SSSR count). The quantitative estimate of drug-likeness (QED) is 0.557. The second-order valence-corrected chi connectivity index (χ2v) is 6.13. The van der Waals surface area contributed by atoms with Crippen LogP contribution in [0.4, 0.5) is 0 Å². The molecule has 0 aliphatic heterocycles. The molecule has 16 heavy (non-hydrogen) atoms. The Hall–Kier alpha value is 0. The standard InChI is InChI=1S/C16H32/c1-6-9-15(12(4)7-2)16-11-10-13(5)14(16)8-3/h12-16H,6-11H2,1-5H3. The second-order valence-electron chi connectivity index (χ2n) is 6.13. The Morgan fingerprint density at radius 2 is 1.81 bits per heavy atom. The Balaban J connectivity index is 2.69. The highest BCUT2D eigenvalue weighted by Crippen LogP contribution is 2.46. The van der Waals surface area contributed by atoms with Crippen LogP contribution in [0.25, 0.3) is 0 Å². The minimum atomic E-state index is 0.935. The Kier molecular flexibility index (Phi) is 5.86. The molecule has 1 fully saturated rings. The molecule has 1 aliphatic rings. The molecule has 0 N–H and O–H groups in total. The normalized spacial score (nSPS) is 33.9. The Bertz CT molecular complexity index is 182. The maximum Gasteiger partial charge on any atom is -0.0352 e. The van der Waals surface area contributed by atoms with Gasteiger partial charge in [-0.15, -0.1) is 0 Å². The van der Waals surface area contributed by atoms with E-state index in [2.05, 4.69) is 34.6 Å². The van der Waals surface area contributed by atoms with E-state index < -0.39 is 0 Å². The fraction of sp³-hybridized carbons (Fsp3) is 1.00. The maximum atomic E-state index is 2.48. The third-order valence-corrected chi connectivity index (χ3v) is 5.25. The summed E-state index contributed by atoms with van der Waals surface area (Å²) in [7, 11) is 0. The van der Waals surface area contributed by atoms with Gasteiger partial charge in [0.25, 0.3) is 0 Å². The van der Waals surface area contributed by atoms with E-state index in [4.69, 9.17) is 0 Å². The highest BCUT2D eigenvalue weighted by molar-refractivity contribution is 4.87. The Morgan fingerprint density at radius 1 is 1.12 bits per heavy atom. The van der Waals surface area contributed by atoms with Crippen molar-refractivity contribution in [2.45, 2.75) is 73.1 Å². The largest absolute Gasteiger partial charge is 0.0654 e. The van der Waals surface area contributed by atoms with Crippen LogP contribution in [0.1, 0.15) is 73.1 Å². The fourth-order valence-electron chi connectivity index (χ4n) is 4.10. The van der Waals surface area contributed by atoms with Gasteiger partial charge in [0.2, 0.25) is 0 Å². The molecule has 0 aromatic heterocycles. The average Bonchev–Trinajstić information content (AvgIpc) is 2.66. The highest BCUT2D eigenvalue weighted by atomic mass is 14.4. The lowest BCUT2D eigenvalue weighted by Gasteiger charge is -2.33. The molecule has 96 valence electrons. The molecule has 0 amide bonds. The Morgan fingerprint density at radius 3 is 2.31 bits per heavy atom. The van der Waals surface area contributed by atoms with E-state index in [0.29, 0.717) is 0 Å². The number of hydrogen-bond acceptors (Lipinski definition) is 0. The minimum Gasteiger partial charge on any atom is -0.0654 e. The van der Waals surface area contributed by atoms with Gasteiger partial charge in [0.15, 0.2) is 0 Å². The molecule has 0 saturated heterocycles. The van der Waals surface area contributed by atoms with Crippen molar-refractivity contribution in [2.75, 3.05) is 0 Å². The SMILES string of the molecule is CCCC(C(C)CC)C1CCC(C)C1CC. The molecule has 0 heteroatoms. The van der Waals surface area contributed by atoms with Crippen molar-refractivity contribution >= 4 is 0 Å². The first-order valence-electron chi connectivity index (χ1n) is 7.65. The van der Waals surface area contributed by atoms with Crippen LogP contribution in [-0.2, 0) is 0 Å². The van der Waals surface area contributed by atoms with Crippen LogP contribution in [0, 0.1) is 29.6 Å². The van der Waals surface area contributed by atoms with Crippen molar-refractivity contribution in [3.8, 4) is 0 Å². The fourth-order valence-corrected chi connectivity index (χ4v) is 4.10. The van der Waals surface area contributed by atoms with Crippen molar-refractivity contribution in [3.63, 3.8) is 0 Å². The van der Waals surface area contributed by atoms with Crippen LogP contribution in [-0.4, -0.2) is 0 Å². The lowest BCUT2D eigenvalue weighted by atomic mass is 9.72. The van der Waals surface area contributed by atoms with Crippen molar-refractivity contribution in [2.24, 2.45) is 29.6 Å². The summed E-state index contributed by atoms with van der Waals surface area (Å²) in [5.41, 5.74) is 0. The summed E-state index contributed by atoms with van der Waals surface area (Å²) < 4.78 is 0. The first-order chi connectivity index (χ1) is 7.65. The van der Waals surface area contributed by atoms with Crippen molar-refractivity contribution in [3.05, 3.63) is 0 Å². The summed E-state index contributed by atoms with van der Waals surface area (Å²) in [5.74, 6) is 4.98. The van der Waals surface area contributed by atoms with E-state index in [1.807, 2.05) is 0 Å². The van der Waals surface area contributed by atoms with Gasteiger partial charge in [-0.2, -0.15) is 0 Å². The zero-order chi connectivity index (χ0) is 12.1. The average molecular weight is 224 g/mol. The van der Waals surface area contributed by atoms with Crippen LogP contribution in [0.3, 0.4) is 0 Å². The van der Waals surface area contributed by atoms with Crippen LogP contribution in [0.2, 0.25) is 0 Å². The second kappa shape index (κ2) is 6.67. The maximum absolute atomic E-state index is 2.48. The van der Waals surface area contributed by atoms with Gasteiger partial charge < -0.3 is 0 Å². The van der Waals surface area contributed by atoms with Gasteiger partial charge >= 0.3 is 0 Å². The molecular weight excluding hydrogens is 192 g/mol. The molecule has 0 aromatic carbocycles. The zero-order valence-electron chi connectivity index (χ0n) is 12.1. The predicted octanol–water partition coefficient (Wildman–Crippen LogP) is 5.52. The zero-order valence-corrected chi connectivity index (χ0v) is 12.1. The minimum absolute atomic E-state index is 0.935. The smallest absolute Gasteiger partial charge is 0.0352 e. The number of rotatable bonds is 6. The highest BCUT2D eigenvalue weighted by Gasteiger charge is 2.37. The molecule has 5 atom stereocenters. The summed E-state index contributed by atoms with van der Waals surface area (Å²) in [5, 5.41) is 0. The van der Waals surface area contributed by atoms with E-state index in [-0.39, 0.29) is 0 Å². The molecule has 0 bridgehead atoms. The lowest BCUT2D eigenvalue weighted by molar-refractivity contribution is 0.159. The van der Waals surface area contributed by atoms with Crippen LogP contribution in [0.15, 0.2) is 0 Å². The topological polar surface area (TPSA) is 0 Å². The summed E-state index contributed by atoms with van der Waals surface area (Å²) in [6.45, 7) is 12.1. The van der Waals surface area contributed by atoms with Crippen LogP contribution in [0.5, 0.6) is 0 Å². The van der Waals surface area contributed by atoms with Crippen molar-refractivity contribution < 1.29 is 0 Å². The Labute approximate surface area is 103 Å². The van der Waals surface area contributed by atoms with Gasteiger partial charge in [0.1, 0.15) is 0 Å². The monoisotopic (exact) mass is 224 g/mol. The summed E-state index contributed by atoms with van der Waals surface area (Å²) in [4.78, 5) is 0. The molecule has 1 saturated carbocycles. The van der Waals surface area contributed by atoms with Crippen LogP contribution >= 0.6 is 0 Å². The number of hydrogen-bond donors (Lipinski definition) is 0. The van der Waals surface area contributed by atoms with Crippen molar-refractivity contribution in [1.82, 2.24) is 0 Å². The molecule has 5 unspecified atom stereocenters. The lowest BCUT2D eigenvalue weighted by Crippen LogP contribution is -2.26. The third kappa shape index (κ3) is 3.02. The molecule has 0 aromatic rings. The van der Waals surface area contributed by atoms with Gasteiger partial charge in [0.05, 0.1) is 0 Å². The van der Waals surface area contributed by atoms with Crippen LogP contribution < -0.4 is 0 Å². The van der Waals surface area contributed by atoms with Gasteiger partial charge in [-0.1, -0.05) is 66.7 Å². The van der Waals surface area contributed by atoms with E-state index in [0.717, 1.165) is 29.6 Å². The molecule has 0 spiro atoms. The van der Waals surface area contributed by atoms with E-state index in [1.54, 1.807) is 0 Å². The predicted molar refractivity (Wildman–Crippen MR) is 73.5 cm³/mol. The first-order valence-corrected chi connectivity index (χ1v) is 7.65. The van der Waals surface area contributed by atoms with Crippen molar-refractivity contribution in [1.29, 1.82) is 0 Å². The molecule has 0 heterocycles. The van der Waals surface area contributed by atoms with Gasteiger partial charge in [-0.3, -0.25) is 0 Å². The van der Waals surface area contributed by atoms with E-state index >= 15 is 0 Å². The van der Waals surface area contributed by atoms with E-state index in [9.17, 15) is 0 Å². The third-order valence-electron chi connectivity index (χ3n) is 5.25.